The standard InChI is InChI=1S/C13H13Cl2N3O3/c1-3-20-12(19)8(2)21-13-16-7-18(17-13)11-5-4-9(14)6-10(11)15/h4-8H,3H2,1-2H3. The van der Waals surface area contributed by atoms with Crippen molar-refractivity contribution in [2.45, 2.75) is 20.0 Å². The summed E-state index contributed by atoms with van der Waals surface area (Å²) in [5.74, 6) is -0.474. The number of carbonyl (C=O) groups is 1. The monoisotopic (exact) mass is 329 g/mol. The first kappa shape index (κ1) is 15.6. The molecule has 0 saturated heterocycles. The molecular weight excluding hydrogens is 317 g/mol. The molecule has 2 rings (SSSR count). The Bertz CT molecular complexity index is 645. The third-order valence-corrected chi connectivity index (χ3v) is 3.07. The maximum atomic E-state index is 11.5. The molecule has 2 aromatic rings. The van der Waals surface area contributed by atoms with Gasteiger partial charge in [-0.25, -0.2) is 9.48 Å². The van der Waals surface area contributed by atoms with Crippen LogP contribution in [0.5, 0.6) is 6.01 Å². The molecule has 0 aliphatic carbocycles. The molecule has 1 heterocycles. The zero-order valence-corrected chi connectivity index (χ0v) is 12.9. The molecule has 1 aromatic carbocycles. The van der Waals surface area contributed by atoms with Crippen molar-refractivity contribution in [2.75, 3.05) is 6.61 Å². The summed E-state index contributed by atoms with van der Waals surface area (Å²) in [5, 5.41) is 5.05. The number of benzene rings is 1. The number of ether oxygens (including phenoxy) is 2. The van der Waals surface area contributed by atoms with Crippen molar-refractivity contribution in [3.63, 3.8) is 0 Å². The lowest BCUT2D eigenvalue weighted by Crippen LogP contribution is -2.26. The van der Waals surface area contributed by atoms with Gasteiger partial charge in [0.2, 0.25) is 0 Å². The minimum atomic E-state index is -0.790. The molecule has 6 nitrogen and oxygen atoms in total. The Morgan fingerprint density at radius 3 is 2.86 bits per heavy atom. The van der Waals surface area contributed by atoms with E-state index in [2.05, 4.69) is 10.1 Å². The lowest BCUT2D eigenvalue weighted by Gasteiger charge is -2.09. The number of hydrogen-bond acceptors (Lipinski definition) is 5. The summed E-state index contributed by atoms with van der Waals surface area (Å²) in [6, 6.07) is 5.05. The fourth-order valence-corrected chi connectivity index (χ4v) is 2.05. The van der Waals surface area contributed by atoms with Crippen molar-refractivity contribution in [1.29, 1.82) is 0 Å². The van der Waals surface area contributed by atoms with Crippen LogP contribution in [0, 0.1) is 0 Å². The number of aromatic nitrogens is 3. The van der Waals surface area contributed by atoms with E-state index in [9.17, 15) is 4.79 Å². The van der Waals surface area contributed by atoms with E-state index in [4.69, 9.17) is 32.7 Å². The molecule has 0 aliphatic rings. The van der Waals surface area contributed by atoms with Crippen molar-refractivity contribution >= 4 is 29.2 Å². The number of nitrogens with zero attached hydrogens (tertiary/aromatic N) is 3. The van der Waals surface area contributed by atoms with E-state index in [0.717, 1.165) is 0 Å². The van der Waals surface area contributed by atoms with Crippen LogP contribution in [-0.4, -0.2) is 33.4 Å². The number of halogens is 2. The summed E-state index contributed by atoms with van der Waals surface area (Å²) >= 11 is 11.9. The smallest absolute Gasteiger partial charge is 0.347 e. The van der Waals surface area contributed by atoms with Crippen LogP contribution in [0.3, 0.4) is 0 Å². The zero-order valence-electron chi connectivity index (χ0n) is 11.4. The molecule has 1 atom stereocenters. The maximum Gasteiger partial charge on any atom is 0.347 e. The van der Waals surface area contributed by atoms with Crippen LogP contribution in [0.25, 0.3) is 5.69 Å². The van der Waals surface area contributed by atoms with Crippen molar-refractivity contribution in [3.8, 4) is 11.7 Å². The van der Waals surface area contributed by atoms with Crippen molar-refractivity contribution in [2.24, 2.45) is 0 Å². The van der Waals surface area contributed by atoms with E-state index in [1.807, 2.05) is 0 Å². The van der Waals surface area contributed by atoms with Gasteiger partial charge in [0.15, 0.2) is 6.10 Å². The van der Waals surface area contributed by atoms with Gasteiger partial charge in [0, 0.05) is 5.02 Å². The van der Waals surface area contributed by atoms with Gasteiger partial charge in [-0.05, 0) is 32.0 Å². The highest BCUT2D eigenvalue weighted by Gasteiger charge is 2.18. The Kier molecular flexibility index (Phi) is 5.03. The van der Waals surface area contributed by atoms with Gasteiger partial charge < -0.3 is 9.47 Å². The minimum Gasteiger partial charge on any atom is -0.463 e. The van der Waals surface area contributed by atoms with Crippen molar-refractivity contribution in [3.05, 3.63) is 34.6 Å². The van der Waals surface area contributed by atoms with Gasteiger partial charge in [0.1, 0.15) is 6.33 Å². The average molecular weight is 330 g/mol. The molecule has 112 valence electrons. The Labute approximate surface area is 131 Å². The number of rotatable bonds is 5. The molecule has 0 amide bonds. The van der Waals surface area contributed by atoms with E-state index < -0.39 is 12.1 Å². The molecule has 0 radical (unpaired) electrons. The highest BCUT2D eigenvalue weighted by molar-refractivity contribution is 6.35. The Hall–Kier alpha value is -1.79. The van der Waals surface area contributed by atoms with Crippen LogP contribution in [0.4, 0.5) is 0 Å². The predicted molar refractivity (Wildman–Crippen MR) is 78.1 cm³/mol. The van der Waals surface area contributed by atoms with Gasteiger partial charge in [-0.15, -0.1) is 5.10 Å². The predicted octanol–water partition coefficient (Wildman–Crippen LogP) is 2.90. The zero-order chi connectivity index (χ0) is 15.4. The van der Waals surface area contributed by atoms with Crippen molar-refractivity contribution < 1.29 is 14.3 Å². The Balaban J connectivity index is 2.13. The van der Waals surface area contributed by atoms with E-state index in [1.54, 1.807) is 32.0 Å². The summed E-state index contributed by atoms with van der Waals surface area (Å²) in [5.41, 5.74) is 0.604. The maximum absolute atomic E-state index is 11.5. The summed E-state index contributed by atoms with van der Waals surface area (Å²) < 4.78 is 11.6. The van der Waals surface area contributed by atoms with Crippen LogP contribution in [0.2, 0.25) is 10.0 Å². The normalized spacial score (nSPS) is 12.0. The quantitative estimate of drug-likeness (QED) is 0.789. The number of esters is 1. The minimum absolute atomic E-state index is 0.0570. The topological polar surface area (TPSA) is 66.2 Å². The van der Waals surface area contributed by atoms with Crippen LogP contribution in [-0.2, 0) is 9.53 Å². The first-order valence-corrected chi connectivity index (χ1v) is 6.97. The fraction of sp³-hybridized carbons (Fsp3) is 0.308. The molecule has 0 aliphatic heterocycles. The highest BCUT2D eigenvalue weighted by atomic mass is 35.5. The summed E-state index contributed by atoms with van der Waals surface area (Å²) in [4.78, 5) is 15.4. The van der Waals surface area contributed by atoms with E-state index in [-0.39, 0.29) is 12.6 Å². The summed E-state index contributed by atoms with van der Waals surface area (Å²) in [7, 11) is 0. The molecule has 0 fully saturated rings. The molecule has 1 unspecified atom stereocenters. The molecule has 8 heteroatoms. The third-order valence-electron chi connectivity index (χ3n) is 2.53. The molecule has 1 aromatic heterocycles. The van der Waals surface area contributed by atoms with E-state index in [1.165, 1.54) is 11.0 Å². The van der Waals surface area contributed by atoms with Gasteiger partial charge in [-0.3, -0.25) is 0 Å². The van der Waals surface area contributed by atoms with Gasteiger partial charge in [0.05, 0.1) is 17.3 Å². The second-order valence-electron chi connectivity index (χ2n) is 4.08. The largest absolute Gasteiger partial charge is 0.463 e. The molecule has 0 bridgehead atoms. The van der Waals surface area contributed by atoms with E-state index >= 15 is 0 Å². The summed E-state index contributed by atoms with van der Waals surface area (Å²) in [6.07, 6.45) is 0.643. The SMILES string of the molecule is CCOC(=O)C(C)Oc1ncn(-c2ccc(Cl)cc2Cl)n1. The lowest BCUT2D eigenvalue weighted by atomic mass is 10.3. The first-order valence-electron chi connectivity index (χ1n) is 6.21. The Morgan fingerprint density at radius 2 is 2.19 bits per heavy atom. The first-order chi connectivity index (χ1) is 10.0. The number of hydrogen-bond donors (Lipinski definition) is 0. The average Bonchev–Trinajstić information content (AvgIpc) is 2.87. The van der Waals surface area contributed by atoms with Gasteiger partial charge in [0.25, 0.3) is 0 Å². The van der Waals surface area contributed by atoms with Gasteiger partial charge >= 0.3 is 12.0 Å². The lowest BCUT2D eigenvalue weighted by molar-refractivity contribution is -0.150. The Morgan fingerprint density at radius 1 is 1.43 bits per heavy atom. The van der Waals surface area contributed by atoms with Crippen LogP contribution in [0.1, 0.15) is 13.8 Å². The van der Waals surface area contributed by atoms with Crippen LogP contribution >= 0.6 is 23.2 Å². The number of carbonyl (C=O) groups excluding carboxylic acids is 1. The van der Waals surface area contributed by atoms with Crippen molar-refractivity contribution in [1.82, 2.24) is 14.8 Å². The van der Waals surface area contributed by atoms with Crippen LogP contribution < -0.4 is 4.74 Å². The molecule has 0 N–H and O–H groups in total. The molecule has 0 spiro atoms. The van der Waals surface area contributed by atoms with Gasteiger partial charge in [-0.1, -0.05) is 23.2 Å². The summed E-state index contributed by atoms with van der Waals surface area (Å²) in [6.45, 7) is 3.57. The third kappa shape index (κ3) is 3.86. The fourth-order valence-electron chi connectivity index (χ4n) is 1.55. The van der Waals surface area contributed by atoms with Gasteiger partial charge in [-0.2, -0.15) is 4.98 Å². The second kappa shape index (κ2) is 6.78. The second-order valence-corrected chi connectivity index (χ2v) is 4.92. The van der Waals surface area contributed by atoms with E-state index in [0.29, 0.717) is 15.7 Å². The molecular formula is C13H13Cl2N3O3. The molecule has 21 heavy (non-hydrogen) atoms. The van der Waals surface area contributed by atoms with Crippen LogP contribution in [0.15, 0.2) is 24.5 Å². The highest BCUT2D eigenvalue weighted by Crippen LogP contribution is 2.24. The molecule has 0 saturated carbocycles.